The van der Waals surface area contributed by atoms with Crippen LogP contribution in [-0.2, 0) is 4.79 Å². The zero-order valence-corrected chi connectivity index (χ0v) is 13.8. The van der Waals surface area contributed by atoms with Crippen LogP contribution in [0, 0.1) is 13.8 Å². The maximum absolute atomic E-state index is 11.8. The van der Waals surface area contributed by atoms with Crippen LogP contribution in [0.1, 0.15) is 21.5 Å². The summed E-state index contributed by atoms with van der Waals surface area (Å²) in [5.74, 6) is 0.255. The van der Waals surface area contributed by atoms with Crippen molar-refractivity contribution in [1.29, 1.82) is 0 Å². The molecule has 24 heavy (non-hydrogen) atoms. The maximum Gasteiger partial charge on any atom is 0.258 e. The van der Waals surface area contributed by atoms with Gasteiger partial charge in [0.05, 0.1) is 5.56 Å². The lowest BCUT2D eigenvalue weighted by atomic mass is 10.1. The van der Waals surface area contributed by atoms with Gasteiger partial charge >= 0.3 is 0 Å². The van der Waals surface area contributed by atoms with E-state index in [0.717, 1.165) is 11.1 Å². The van der Waals surface area contributed by atoms with Gasteiger partial charge in [-0.15, -0.1) is 0 Å². The monoisotopic (exact) mass is 327 g/mol. The predicted molar refractivity (Wildman–Crippen MR) is 91.0 cm³/mol. The van der Waals surface area contributed by atoms with Crippen molar-refractivity contribution < 1.29 is 14.3 Å². The second-order valence-electron chi connectivity index (χ2n) is 5.33. The zero-order valence-electron chi connectivity index (χ0n) is 13.8. The van der Waals surface area contributed by atoms with E-state index in [0.29, 0.717) is 24.4 Å². The van der Waals surface area contributed by atoms with Gasteiger partial charge in [0.2, 0.25) is 0 Å². The van der Waals surface area contributed by atoms with E-state index in [2.05, 4.69) is 15.6 Å². The van der Waals surface area contributed by atoms with Gasteiger partial charge in [-0.05, 0) is 43.2 Å². The van der Waals surface area contributed by atoms with Crippen molar-refractivity contribution in [2.75, 3.05) is 19.7 Å². The van der Waals surface area contributed by atoms with Gasteiger partial charge in [-0.3, -0.25) is 14.6 Å². The Labute approximate surface area is 141 Å². The third-order valence-corrected chi connectivity index (χ3v) is 3.57. The quantitative estimate of drug-likeness (QED) is 0.757. The number of hydrogen-bond donors (Lipinski definition) is 2. The average molecular weight is 327 g/mol. The Kier molecular flexibility index (Phi) is 6.31. The van der Waals surface area contributed by atoms with Crippen LogP contribution < -0.4 is 15.4 Å². The molecule has 0 saturated carbocycles. The number of carbonyl (C=O) groups excluding carboxylic acids is 2. The predicted octanol–water partition coefficient (Wildman–Crippen LogP) is 1.62. The van der Waals surface area contributed by atoms with Crippen molar-refractivity contribution in [3.05, 3.63) is 59.4 Å². The molecule has 126 valence electrons. The van der Waals surface area contributed by atoms with Gasteiger partial charge in [0.15, 0.2) is 6.61 Å². The molecule has 0 aliphatic heterocycles. The van der Waals surface area contributed by atoms with E-state index < -0.39 is 0 Å². The van der Waals surface area contributed by atoms with Gasteiger partial charge in [0, 0.05) is 25.5 Å². The summed E-state index contributed by atoms with van der Waals surface area (Å²) in [6.45, 7) is 4.56. The topological polar surface area (TPSA) is 80.3 Å². The van der Waals surface area contributed by atoms with Crippen LogP contribution in [0.4, 0.5) is 0 Å². The highest BCUT2D eigenvalue weighted by Gasteiger charge is 2.07. The molecule has 6 nitrogen and oxygen atoms in total. The number of nitrogens with zero attached hydrogens (tertiary/aromatic N) is 1. The molecule has 1 aromatic carbocycles. The first kappa shape index (κ1) is 17.5. The van der Waals surface area contributed by atoms with Crippen LogP contribution in [0.5, 0.6) is 5.75 Å². The zero-order chi connectivity index (χ0) is 17.4. The van der Waals surface area contributed by atoms with Crippen LogP contribution >= 0.6 is 0 Å². The molecule has 1 aromatic heterocycles. The van der Waals surface area contributed by atoms with Crippen molar-refractivity contribution in [3.8, 4) is 5.75 Å². The Morgan fingerprint density at radius 3 is 2.62 bits per heavy atom. The second-order valence-corrected chi connectivity index (χ2v) is 5.33. The van der Waals surface area contributed by atoms with Gasteiger partial charge in [0.1, 0.15) is 5.75 Å². The van der Waals surface area contributed by atoms with E-state index in [1.807, 2.05) is 32.0 Å². The molecule has 0 spiro atoms. The first-order chi connectivity index (χ1) is 11.6. The summed E-state index contributed by atoms with van der Waals surface area (Å²) in [6, 6.07) is 9.10. The fourth-order valence-corrected chi connectivity index (χ4v) is 2.05. The molecule has 0 saturated heterocycles. The van der Waals surface area contributed by atoms with Crippen LogP contribution in [0.2, 0.25) is 0 Å². The van der Waals surface area contributed by atoms with Crippen molar-refractivity contribution in [2.24, 2.45) is 0 Å². The Bertz CT molecular complexity index is 702. The van der Waals surface area contributed by atoms with Crippen molar-refractivity contribution in [3.63, 3.8) is 0 Å². The summed E-state index contributed by atoms with van der Waals surface area (Å²) >= 11 is 0. The minimum absolute atomic E-state index is 0.0547. The summed E-state index contributed by atoms with van der Waals surface area (Å²) in [7, 11) is 0. The minimum atomic E-state index is -0.230. The second kappa shape index (κ2) is 8.67. The summed E-state index contributed by atoms with van der Waals surface area (Å²) in [5, 5.41) is 5.41. The van der Waals surface area contributed by atoms with Gasteiger partial charge in [0.25, 0.3) is 11.8 Å². The lowest BCUT2D eigenvalue weighted by Gasteiger charge is -2.11. The molecule has 2 N–H and O–H groups in total. The Hall–Kier alpha value is -2.89. The molecular formula is C18H21N3O3. The minimum Gasteiger partial charge on any atom is -0.483 e. The van der Waals surface area contributed by atoms with E-state index in [1.54, 1.807) is 18.3 Å². The van der Waals surface area contributed by atoms with E-state index in [-0.39, 0.29) is 18.4 Å². The summed E-state index contributed by atoms with van der Waals surface area (Å²) in [4.78, 5) is 27.4. The molecule has 0 fully saturated rings. The highest BCUT2D eigenvalue weighted by molar-refractivity contribution is 5.93. The van der Waals surface area contributed by atoms with Gasteiger partial charge in [-0.1, -0.05) is 12.1 Å². The number of aromatic nitrogens is 1. The number of aryl methyl sites for hydroxylation is 1. The molecular weight excluding hydrogens is 306 g/mol. The van der Waals surface area contributed by atoms with E-state index in [1.165, 1.54) is 6.20 Å². The highest BCUT2D eigenvalue weighted by atomic mass is 16.5. The number of nitrogens with one attached hydrogen (secondary N) is 2. The number of ether oxygens (including phenoxy) is 1. The molecule has 0 unspecified atom stereocenters. The van der Waals surface area contributed by atoms with E-state index in [9.17, 15) is 9.59 Å². The van der Waals surface area contributed by atoms with Gasteiger partial charge < -0.3 is 15.4 Å². The fourth-order valence-electron chi connectivity index (χ4n) is 2.05. The van der Waals surface area contributed by atoms with E-state index >= 15 is 0 Å². The molecule has 0 aliphatic rings. The Morgan fingerprint density at radius 2 is 1.88 bits per heavy atom. The molecule has 2 amide bonds. The number of carbonyl (C=O) groups is 2. The molecule has 0 atom stereocenters. The van der Waals surface area contributed by atoms with Gasteiger partial charge in [-0.2, -0.15) is 0 Å². The lowest BCUT2D eigenvalue weighted by molar-refractivity contribution is -0.123. The fraction of sp³-hybridized carbons (Fsp3) is 0.278. The third kappa shape index (κ3) is 5.08. The number of pyridine rings is 1. The molecule has 2 rings (SSSR count). The maximum atomic E-state index is 11.8. The molecule has 2 aromatic rings. The van der Waals surface area contributed by atoms with Crippen molar-refractivity contribution in [1.82, 2.24) is 15.6 Å². The Morgan fingerprint density at radius 1 is 1.08 bits per heavy atom. The van der Waals surface area contributed by atoms with Crippen LogP contribution in [0.15, 0.2) is 42.7 Å². The third-order valence-electron chi connectivity index (χ3n) is 3.57. The SMILES string of the molecule is Cc1cccc(OCC(=O)NCCNC(=O)c2cccnc2)c1C. The first-order valence-corrected chi connectivity index (χ1v) is 7.72. The first-order valence-electron chi connectivity index (χ1n) is 7.72. The standard InChI is InChI=1S/C18H21N3O3/c1-13-5-3-7-16(14(13)2)24-12-17(22)20-9-10-21-18(23)15-6-4-8-19-11-15/h3-8,11H,9-10,12H2,1-2H3,(H,20,22)(H,21,23). The number of benzene rings is 1. The van der Waals surface area contributed by atoms with Crippen LogP contribution in [-0.4, -0.2) is 36.5 Å². The van der Waals surface area contributed by atoms with Crippen LogP contribution in [0.25, 0.3) is 0 Å². The number of hydrogen-bond acceptors (Lipinski definition) is 4. The summed E-state index contributed by atoms with van der Waals surface area (Å²) < 4.78 is 5.52. The molecule has 1 heterocycles. The van der Waals surface area contributed by atoms with Gasteiger partial charge in [-0.25, -0.2) is 0 Å². The molecule has 0 aliphatic carbocycles. The number of amides is 2. The summed E-state index contributed by atoms with van der Waals surface area (Å²) in [5.41, 5.74) is 2.63. The Balaban J connectivity index is 1.67. The van der Waals surface area contributed by atoms with E-state index in [4.69, 9.17) is 4.74 Å². The lowest BCUT2D eigenvalue weighted by Crippen LogP contribution is -2.36. The van der Waals surface area contributed by atoms with Crippen molar-refractivity contribution >= 4 is 11.8 Å². The summed E-state index contributed by atoms with van der Waals surface area (Å²) in [6.07, 6.45) is 3.10. The molecule has 0 bridgehead atoms. The molecule has 6 heteroatoms. The largest absolute Gasteiger partial charge is 0.483 e. The van der Waals surface area contributed by atoms with Crippen molar-refractivity contribution in [2.45, 2.75) is 13.8 Å². The molecule has 0 radical (unpaired) electrons. The smallest absolute Gasteiger partial charge is 0.258 e. The highest BCUT2D eigenvalue weighted by Crippen LogP contribution is 2.20. The van der Waals surface area contributed by atoms with Crippen LogP contribution in [0.3, 0.4) is 0 Å². The average Bonchev–Trinajstić information content (AvgIpc) is 2.60. The number of rotatable bonds is 7. The normalized spacial score (nSPS) is 10.1.